The predicted octanol–water partition coefficient (Wildman–Crippen LogP) is 2.71. The van der Waals surface area contributed by atoms with Gasteiger partial charge in [0.1, 0.15) is 6.04 Å². The Labute approximate surface area is 162 Å². The number of hydrogen-bond acceptors (Lipinski definition) is 6. The van der Waals surface area contributed by atoms with Crippen LogP contribution in [-0.2, 0) is 11.2 Å². The smallest absolute Gasteiger partial charge is 0.312 e. The number of unbranched alkanes of at least 4 members (excludes halogenated alkanes) is 2. The van der Waals surface area contributed by atoms with Crippen LogP contribution in [0.15, 0.2) is 22.0 Å². The fourth-order valence-corrected chi connectivity index (χ4v) is 3.27. The molecule has 2 aromatic heterocycles. The molecule has 0 fully saturated rings. The lowest BCUT2D eigenvalue weighted by Gasteiger charge is -2.22. The second kappa shape index (κ2) is 10.7. The average molecular weight is 394 g/mol. The van der Waals surface area contributed by atoms with Gasteiger partial charge in [-0.3, -0.25) is 4.79 Å². The van der Waals surface area contributed by atoms with Crippen LogP contribution in [0, 0.1) is 5.92 Å². The molecule has 8 nitrogen and oxygen atoms in total. The highest BCUT2D eigenvalue weighted by Gasteiger charge is 2.24. The number of carbonyl (C=O) groups is 2. The monoisotopic (exact) mass is 393 g/mol. The van der Waals surface area contributed by atoms with Crippen molar-refractivity contribution in [3.63, 3.8) is 0 Å². The van der Waals surface area contributed by atoms with E-state index >= 15 is 0 Å². The van der Waals surface area contributed by atoms with Crippen molar-refractivity contribution in [3.05, 3.63) is 23.4 Å². The number of rotatable bonds is 11. The number of nitrogens with two attached hydrogens (primary N) is 1. The number of hydrogen-bond donors (Lipinski definition) is 3. The van der Waals surface area contributed by atoms with Crippen LogP contribution in [-0.4, -0.2) is 34.7 Å². The molecule has 2 aromatic rings. The first-order chi connectivity index (χ1) is 13.0. The molecule has 2 rings (SSSR count). The van der Waals surface area contributed by atoms with Gasteiger partial charge in [-0.25, -0.2) is 4.79 Å². The molecule has 4 N–H and O–H groups in total. The summed E-state index contributed by atoms with van der Waals surface area (Å²) in [5.41, 5.74) is 5.16. The van der Waals surface area contributed by atoms with E-state index in [0.29, 0.717) is 24.7 Å². The number of primary amides is 1. The zero-order valence-electron chi connectivity index (χ0n) is 15.7. The van der Waals surface area contributed by atoms with Gasteiger partial charge in [0.05, 0.1) is 4.88 Å². The Morgan fingerprint density at radius 3 is 2.81 bits per heavy atom. The molecule has 3 amide bonds. The Hall–Kier alpha value is -2.42. The summed E-state index contributed by atoms with van der Waals surface area (Å²) in [5, 5.41) is 11.3. The number of thiophene rings is 1. The molecule has 27 heavy (non-hydrogen) atoms. The molecular formula is C18H27N5O3S. The van der Waals surface area contributed by atoms with Crippen LogP contribution in [0.4, 0.5) is 4.79 Å². The summed E-state index contributed by atoms with van der Waals surface area (Å²) in [7, 11) is 0. The second-order valence-corrected chi connectivity index (χ2v) is 7.41. The molecule has 148 valence electrons. The molecular weight excluding hydrogens is 366 g/mol. The van der Waals surface area contributed by atoms with Crippen molar-refractivity contribution >= 4 is 23.3 Å². The van der Waals surface area contributed by atoms with Crippen molar-refractivity contribution in [1.29, 1.82) is 0 Å². The van der Waals surface area contributed by atoms with Gasteiger partial charge in [-0.2, -0.15) is 4.98 Å². The van der Waals surface area contributed by atoms with Crippen LogP contribution in [0.25, 0.3) is 10.7 Å². The number of amides is 3. The summed E-state index contributed by atoms with van der Waals surface area (Å²) < 4.78 is 5.26. The Kier molecular flexibility index (Phi) is 8.25. The van der Waals surface area contributed by atoms with E-state index in [-0.39, 0.29) is 11.8 Å². The highest BCUT2D eigenvalue weighted by molar-refractivity contribution is 7.13. The third-order valence-corrected chi connectivity index (χ3v) is 5.24. The summed E-state index contributed by atoms with van der Waals surface area (Å²) in [6.45, 7) is 4.43. The quantitative estimate of drug-likeness (QED) is 0.507. The van der Waals surface area contributed by atoms with Crippen molar-refractivity contribution in [2.45, 2.75) is 52.0 Å². The zero-order chi connectivity index (χ0) is 19.6. The van der Waals surface area contributed by atoms with E-state index in [1.165, 1.54) is 0 Å². The first-order valence-corrected chi connectivity index (χ1v) is 10.1. The first kappa shape index (κ1) is 20.9. The van der Waals surface area contributed by atoms with Gasteiger partial charge in [0, 0.05) is 13.0 Å². The SMILES string of the molecule is CC[C@H](C)[C@H](NC(N)=O)C(=O)NCCCCCc1nc(-c2cccs2)no1. The predicted molar refractivity (Wildman–Crippen MR) is 104 cm³/mol. The van der Waals surface area contributed by atoms with Gasteiger partial charge >= 0.3 is 6.03 Å². The summed E-state index contributed by atoms with van der Waals surface area (Å²) in [4.78, 5) is 28.7. The van der Waals surface area contributed by atoms with E-state index in [1.807, 2.05) is 31.4 Å². The van der Waals surface area contributed by atoms with Crippen molar-refractivity contribution in [2.24, 2.45) is 11.7 Å². The largest absolute Gasteiger partial charge is 0.354 e. The maximum absolute atomic E-state index is 12.2. The van der Waals surface area contributed by atoms with Gasteiger partial charge < -0.3 is 20.9 Å². The Balaban J connectivity index is 1.65. The summed E-state index contributed by atoms with van der Waals surface area (Å²) in [6, 6.07) is 2.63. The van der Waals surface area contributed by atoms with Gasteiger partial charge in [0.25, 0.3) is 0 Å². The topological polar surface area (TPSA) is 123 Å². The number of carbonyl (C=O) groups excluding carboxylic acids is 2. The molecule has 0 radical (unpaired) electrons. The molecule has 0 aromatic carbocycles. The van der Waals surface area contributed by atoms with Gasteiger partial charge in [0.15, 0.2) is 0 Å². The maximum atomic E-state index is 12.2. The first-order valence-electron chi connectivity index (χ1n) is 9.21. The minimum absolute atomic E-state index is 0.0209. The number of urea groups is 1. The molecule has 0 saturated heterocycles. The lowest BCUT2D eigenvalue weighted by molar-refractivity contribution is -0.124. The van der Waals surface area contributed by atoms with Gasteiger partial charge in [-0.1, -0.05) is 37.9 Å². The van der Waals surface area contributed by atoms with Crippen molar-refractivity contribution in [2.75, 3.05) is 6.54 Å². The van der Waals surface area contributed by atoms with Crippen molar-refractivity contribution in [3.8, 4) is 10.7 Å². The lowest BCUT2D eigenvalue weighted by Crippen LogP contribution is -2.51. The van der Waals surface area contributed by atoms with Crippen molar-refractivity contribution in [1.82, 2.24) is 20.8 Å². The normalized spacial score (nSPS) is 13.1. The fourth-order valence-electron chi connectivity index (χ4n) is 2.62. The molecule has 0 unspecified atom stereocenters. The average Bonchev–Trinajstić information content (AvgIpc) is 3.32. The standard InChI is InChI=1S/C18H27N5O3S/c1-3-12(2)15(22-18(19)25)17(24)20-10-6-4-5-9-14-21-16(23-26-14)13-8-7-11-27-13/h7-8,11-12,15H,3-6,9-10H2,1-2H3,(H,20,24)(H3,19,22,25)/t12-,15-/m0/s1. The highest BCUT2D eigenvalue weighted by Crippen LogP contribution is 2.21. The Morgan fingerprint density at radius 2 is 2.15 bits per heavy atom. The number of aromatic nitrogens is 2. The molecule has 0 spiro atoms. The van der Waals surface area contributed by atoms with Crippen molar-refractivity contribution < 1.29 is 14.1 Å². The van der Waals surface area contributed by atoms with Crippen LogP contribution in [0.1, 0.15) is 45.4 Å². The Bertz CT molecular complexity index is 716. The molecule has 9 heteroatoms. The molecule has 0 saturated carbocycles. The van der Waals surface area contributed by atoms with Crippen LogP contribution in [0.3, 0.4) is 0 Å². The minimum Gasteiger partial charge on any atom is -0.354 e. The maximum Gasteiger partial charge on any atom is 0.312 e. The van der Waals surface area contributed by atoms with E-state index in [9.17, 15) is 9.59 Å². The van der Waals surface area contributed by atoms with Crippen LogP contribution < -0.4 is 16.4 Å². The summed E-state index contributed by atoms with van der Waals surface area (Å²) >= 11 is 1.58. The molecule has 0 aliphatic heterocycles. The molecule has 2 heterocycles. The third kappa shape index (κ3) is 6.67. The molecule has 0 aliphatic carbocycles. The lowest BCUT2D eigenvalue weighted by atomic mass is 9.98. The van der Waals surface area contributed by atoms with Crippen LogP contribution in [0.5, 0.6) is 0 Å². The number of aryl methyl sites for hydroxylation is 1. The Morgan fingerprint density at radius 1 is 1.33 bits per heavy atom. The van der Waals surface area contributed by atoms with Crippen LogP contribution >= 0.6 is 11.3 Å². The van der Waals surface area contributed by atoms with E-state index in [4.69, 9.17) is 10.3 Å². The van der Waals surface area contributed by atoms with E-state index in [2.05, 4.69) is 20.8 Å². The fraction of sp³-hybridized carbons (Fsp3) is 0.556. The molecule has 2 atom stereocenters. The summed E-state index contributed by atoms with van der Waals surface area (Å²) in [6.07, 6.45) is 4.15. The second-order valence-electron chi connectivity index (χ2n) is 6.46. The minimum atomic E-state index is -0.683. The zero-order valence-corrected chi connectivity index (χ0v) is 16.6. The van der Waals surface area contributed by atoms with E-state index in [1.54, 1.807) is 11.3 Å². The third-order valence-electron chi connectivity index (χ3n) is 4.37. The molecule has 0 aliphatic rings. The van der Waals surface area contributed by atoms with Gasteiger partial charge in [0.2, 0.25) is 17.6 Å². The van der Waals surface area contributed by atoms with Crippen LogP contribution in [0.2, 0.25) is 0 Å². The number of nitrogens with zero attached hydrogens (tertiary/aromatic N) is 2. The highest BCUT2D eigenvalue weighted by atomic mass is 32.1. The number of nitrogens with one attached hydrogen (secondary N) is 2. The van der Waals surface area contributed by atoms with Gasteiger partial charge in [-0.05, 0) is 30.2 Å². The van der Waals surface area contributed by atoms with E-state index < -0.39 is 12.1 Å². The summed E-state index contributed by atoms with van der Waals surface area (Å²) in [5.74, 6) is 1.09. The van der Waals surface area contributed by atoms with Gasteiger partial charge in [-0.15, -0.1) is 11.3 Å². The van der Waals surface area contributed by atoms with E-state index in [0.717, 1.165) is 30.6 Å². The molecule has 0 bridgehead atoms.